The lowest BCUT2D eigenvalue weighted by atomic mass is 10.1. The zero-order chi connectivity index (χ0) is 15.9. The van der Waals surface area contributed by atoms with E-state index in [1.54, 1.807) is 0 Å². The molecule has 21 heavy (non-hydrogen) atoms. The Morgan fingerprint density at radius 3 is 2.48 bits per heavy atom. The number of hydrogen-bond donors (Lipinski definition) is 3. The minimum Gasteiger partial charge on any atom is -0.477 e. The van der Waals surface area contributed by atoms with Crippen molar-refractivity contribution < 1.29 is 19.6 Å². The molecule has 1 amide bonds. The lowest BCUT2D eigenvalue weighted by Gasteiger charge is -2.11. The number of unbranched alkanes of at least 4 members (excludes halogenated alkanes) is 5. The van der Waals surface area contributed by atoms with Crippen LogP contribution in [0.15, 0.2) is 12.7 Å². The molecule has 0 saturated heterocycles. The van der Waals surface area contributed by atoms with Gasteiger partial charge in [-0.15, -0.1) is 6.58 Å². The quantitative estimate of drug-likeness (QED) is 0.331. The predicted molar refractivity (Wildman–Crippen MR) is 84.4 cm³/mol. The molecule has 0 spiro atoms. The molecule has 122 valence electrons. The highest BCUT2D eigenvalue weighted by atomic mass is 16.4. The van der Waals surface area contributed by atoms with E-state index in [0.29, 0.717) is 13.0 Å². The third-order valence-electron chi connectivity index (χ3n) is 3.37. The first kappa shape index (κ1) is 19.6. The molecule has 0 aliphatic heterocycles. The number of carbonyl (C=O) groups excluding carboxylic acids is 1. The fourth-order valence-corrected chi connectivity index (χ4v) is 2.16. The molecule has 0 saturated carbocycles. The number of likely N-dealkylation sites (N-methyl/N-ethyl adjacent to an activating group) is 1. The largest absolute Gasteiger partial charge is 0.477 e. The number of allylic oxidation sites excluding steroid dienone is 1. The van der Waals surface area contributed by atoms with Crippen LogP contribution in [0.4, 0.5) is 0 Å². The molecule has 0 aliphatic rings. The van der Waals surface area contributed by atoms with E-state index in [1.165, 1.54) is 19.3 Å². The van der Waals surface area contributed by atoms with Crippen LogP contribution in [0.5, 0.6) is 0 Å². The Hall–Kier alpha value is -1.36. The van der Waals surface area contributed by atoms with Crippen molar-refractivity contribution in [3.8, 4) is 0 Å². The van der Waals surface area contributed by atoms with Gasteiger partial charge in [-0.25, -0.2) is 4.79 Å². The summed E-state index contributed by atoms with van der Waals surface area (Å²) in [5, 5.41) is 11.5. The molecule has 1 unspecified atom stereocenters. The Morgan fingerprint density at radius 1 is 1.14 bits per heavy atom. The van der Waals surface area contributed by atoms with Crippen molar-refractivity contribution in [2.75, 3.05) is 26.7 Å². The molecular weight excluding hydrogens is 268 g/mol. The zero-order valence-corrected chi connectivity index (χ0v) is 13.3. The van der Waals surface area contributed by atoms with Gasteiger partial charge in [-0.05, 0) is 19.3 Å². The predicted octanol–water partition coefficient (Wildman–Crippen LogP) is 1.01. The van der Waals surface area contributed by atoms with E-state index in [4.69, 9.17) is 5.11 Å². The van der Waals surface area contributed by atoms with Crippen molar-refractivity contribution in [1.29, 1.82) is 0 Å². The van der Waals surface area contributed by atoms with Crippen molar-refractivity contribution in [3.05, 3.63) is 12.7 Å². The zero-order valence-electron chi connectivity index (χ0n) is 13.3. The third-order valence-corrected chi connectivity index (χ3v) is 3.37. The lowest BCUT2D eigenvalue weighted by Crippen LogP contribution is -3.10. The van der Waals surface area contributed by atoms with E-state index in [9.17, 15) is 9.59 Å². The molecule has 3 N–H and O–H groups in total. The summed E-state index contributed by atoms with van der Waals surface area (Å²) in [5.41, 5.74) is 0. The fraction of sp³-hybridized carbons (Fsp3) is 0.750. The van der Waals surface area contributed by atoms with Crippen molar-refractivity contribution >= 4 is 11.9 Å². The van der Waals surface area contributed by atoms with E-state index >= 15 is 0 Å². The minimum atomic E-state index is -0.787. The summed E-state index contributed by atoms with van der Waals surface area (Å²) in [6.07, 6.45) is 10.1. The summed E-state index contributed by atoms with van der Waals surface area (Å²) in [6.45, 7) is 5.21. The molecule has 0 aromatic carbocycles. The molecule has 5 nitrogen and oxygen atoms in total. The number of carboxylic acid groups (broad SMARTS) is 1. The maximum absolute atomic E-state index is 11.6. The number of quaternary nitrogens is 1. The molecule has 0 aliphatic carbocycles. The van der Waals surface area contributed by atoms with Crippen LogP contribution in [0.1, 0.15) is 51.4 Å². The highest BCUT2D eigenvalue weighted by Gasteiger charge is 2.07. The Kier molecular flexibility index (Phi) is 12.7. The van der Waals surface area contributed by atoms with Crippen LogP contribution in [-0.4, -0.2) is 43.7 Å². The Bertz CT molecular complexity index is 306. The number of carbonyl (C=O) groups is 2. The van der Waals surface area contributed by atoms with Gasteiger partial charge in [-0.2, -0.15) is 0 Å². The number of rotatable bonds is 14. The highest BCUT2D eigenvalue weighted by molar-refractivity contribution is 5.75. The molecule has 0 heterocycles. The molecule has 0 bridgehead atoms. The standard InChI is InChI=1S/C16H30N2O3/c1-3-4-5-6-7-8-9-11-15(19)17-12-10-13-18(2)14-16(20)21/h3H,1,4-14H2,2H3,(H,17,19)(H,20,21)/p+1. The Labute approximate surface area is 128 Å². The van der Waals surface area contributed by atoms with Gasteiger partial charge in [0.25, 0.3) is 0 Å². The van der Waals surface area contributed by atoms with Gasteiger partial charge in [-0.3, -0.25) is 4.79 Å². The summed E-state index contributed by atoms with van der Waals surface area (Å²) in [5.74, 6) is -0.679. The van der Waals surface area contributed by atoms with Crippen LogP contribution in [0.3, 0.4) is 0 Å². The van der Waals surface area contributed by atoms with Gasteiger partial charge >= 0.3 is 5.97 Å². The summed E-state index contributed by atoms with van der Waals surface area (Å²) >= 11 is 0. The Morgan fingerprint density at radius 2 is 1.81 bits per heavy atom. The minimum absolute atomic E-state index is 0.108. The molecule has 0 fully saturated rings. The summed E-state index contributed by atoms with van der Waals surface area (Å²) in [7, 11) is 1.85. The number of aliphatic carboxylic acids is 1. The van der Waals surface area contributed by atoms with Gasteiger partial charge < -0.3 is 15.3 Å². The second-order valence-corrected chi connectivity index (χ2v) is 5.58. The summed E-state index contributed by atoms with van der Waals surface area (Å²) in [4.78, 5) is 23.0. The van der Waals surface area contributed by atoms with Crippen LogP contribution < -0.4 is 10.2 Å². The average Bonchev–Trinajstić information content (AvgIpc) is 2.42. The fourth-order valence-electron chi connectivity index (χ4n) is 2.16. The van der Waals surface area contributed by atoms with Gasteiger partial charge in [0, 0.05) is 19.4 Å². The van der Waals surface area contributed by atoms with Crippen molar-refractivity contribution in [3.63, 3.8) is 0 Å². The smallest absolute Gasteiger partial charge is 0.359 e. The second kappa shape index (κ2) is 13.6. The van der Waals surface area contributed by atoms with Gasteiger partial charge in [0.1, 0.15) is 0 Å². The Balaban J connectivity index is 3.34. The molecule has 1 atom stereocenters. The normalized spacial score (nSPS) is 11.9. The van der Waals surface area contributed by atoms with E-state index in [1.807, 2.05) is 13.1 Å². The first-order chi connectivity index (χ1) is 10.1. The van der Waals surface area contributed by atoms with E-state index < -0.39 is 5.97 Å². The average molecular weight is 299 g/mol. The molecule has 0 aromatic heterocycles. The van der Waals surface area contributed by atoms with Crippen LogP contribution in [0, 0.1) is 0 Å². The van der Waals surface area contributed by atoms with E-state index in [2.05, 4.69) is 11.9 Å². The molecular formula is C16H31N2O3+. The summed E-state index contributed by atoms with van der Waals surface area (Å²) in [6, 6.07) is 0. The van der Waals surface area contributed by atoms with Gasteiger partial charge in [0.2, 0.25) is 5.91 Å². The first-order valence-electron chi connectivity index (χ1n) is 7.97. The second-order valence-electron chi connectivity index (χ2n) is 5.58. The van der Waals surface area contributed by atoms with Gasteiger partial charge in [-0.1, -0.05) is 25.3 Å². The lowest BCUT2D eigenvalue weighted by molar-refractivity contribution is -0.871. The number of carboxylic acids is 1. The number of hydrogen-bond acceptors (Lipinski definition) is 2. The van der Waals surface area contributed by atoms with Crippen LogP contribution in [0.25, 0.3) is 0 Å². The SMILES string of the molecule is C=CCCCCCCCC(=O)NCCC[NH+](C)CC(=O)O. The first-order valence-corrected chi connectivity index (χ1v) is 7.97. The number of nitrogens with one attached hydrogen (secondary N) is 2. The highest BCUT2D eigenvalue weighted by Crippen LogP contribution is 2.07. The van der Waals surface area contributed by atoms with Crippen molar-refractivity contribution in [2.24, 2.45) is 0 Å². The number of amides is 1. The van der Waals surface area contributed by atoms with E-state index in [0.717, 1.165) is 37.1 Å². The van der Waals surface area contributed by atoms with Crippen molar-refractivity contribution in [1.82, 2.24) is 5.32 Å². The van der Waals surface area contributed by atoms with Gasteiger partial charge in [0.15, 0.2) is 6.54 Å². The molecule has 0 rings (SSSR count). The van der Waals surface area contributed by atoms with Crippen LogP contribution in [0.2, 0.25) is 0 Å². The van der Waals surface area contributed by atoms with Crippen molar-refractivity contribution in [2.45, 2.75) is 51.4 Å². The molecule has 0 radical (unpaired) electrons. The molecule has 0 aromatic rings. The third kappa shape index (κ3) is 14.9. The topological polar surface area (TPSA) is 70.8 Å². The van der Waals surface area contributed by atoms with Gasteiger partial charge in [0.05, 0.1) is 13.6 Å². The maximum atomic E-state index is 11.6. The molecule has 5 heteroatoms. The summed E-state index contributed by atoms with van der Waals surface area (Å²) < 4.78 is 0. The van der Waals surface area contributed by atoms with E-state index in [-0.39, 0.29) is 12.5 Å². The monoisotopic (exact) mass is 299 g/mol. The van der Waals surface area contributed by atoms with Crippen LogP contribution >= 0.6 is 0 Å². The maximum Gasteiger partial charge on any atom is 0.359 e. The van der Waals surface area contributed by atoms with Crippen LogP contribution in [-0.2, 0) is 9.59 Å².